The number of hydrogen-bond acceptors (Lipinski definition) is 6. The maximum Gasteiger partial charge on any atom is 0.255 e. The topological polar surface area (TPSA) is 96.4 Å². The summed E-state index contributed by atoms with van der Waals surface area (Å²) in [5.41, 5.74) is 4.03. The number of benzene rings is 3. The third-order valence-electron chi connectivity index (χ3n) is 5.81. The molecule has 3 aromatic carbocycles. The second-order valence-corrected chi connectivity index (χ2v) is 9.12. The van der Waals surface area contributed by atoms with Crippen molar-refractivity contribution in [2.45, 2.75) is 19.8 Å². The first-order valence-corrected chi connectivity index (χ1v) is 12.6. The number of hydrogen-bond donors (Lipinski definition) is 3. The summed E-state index contributed by atoms with van der Waals surface area (Å²) in [6.45, 7) is 2.12. The summed E-state index contributed by atoms with van der Waals surface area (Å²) in [7, 11) is 0. The highest BCUT2D eigenvalue weighted by molar-refractivity contribution is 6.31. The van der Waals surface area contributed by atoms with E-state index in [9.17, 15) is 9.90 Å². The molecule has 0 bridgehead atoms. The fourth-order valence-corrected chi connectivity index (χ4v) is 4.19. The van der Waals surface area contributed by atoms with Crippen LogP contribution in [0.5, 0.6) is 17.2 Å². The number of ether oxygens (including phenoxy) is 1. The molecule has 38 heavy (non-hydrogen) atoms. The number of anilines is 3. The summed E-state index contributed by atoms with van der Waals surface area (Å²) in [6.07, 6.45) is 3.62. The molecule has 190 valence electrons. The molecule has 5 aromatic rings. The second-order valence-electron chi connectivity index (χ2n) is 8.68. The van der Waals surface area contributed by atoms with Crippen LogP contribution in [-0.2, 0) is 6.42 Å². The Kier molecular flexibility index (Phi) is 7.38. The molecule has 0 saturated heterocycles. The first-order valence-electron chi connectivity index (χ1n) is 12.2. The Bertz CT molecular complexity index is 1620. The van der Waals surface area contributed by atoms with E-state index in [0.29, 0.717) is 39.1 Å². The Morgan fingerprint density at radius 1 is 0.974 bits per heavy atom. The van der Waals surface area contributed by atoms with Crippen molar-refractivity contribution in [3.63, 3.8) is 0 Å². The molecular weight excluding hydrogens is 500 g/mol. The average molecular weight is 525 g/mol. The Labute approximate surface area is 225 Å². The molecule has 3 N–H and O–H groups in total. The van der Waals surface area contributed by atoms with Crippen LogP contribution in [0.15, 0.2) is 91.1 Å². The molecule has 0 aliphatic heterocycles. The number of carbonyl (C=O) groups excluding carboxylic acids is 1. The van der Waals surface area contributed by atoms with Gasteiger partial charge in [0.1, 0.15) is 11.5 Å². The van der Waals surface area contributed by atoms with Gasteiger partial charge >= 0.3 is 0 Å². The first-order chi connectivity index (χ1) is 18.5. The van der Waals surface area contributed by atoms with E-state index in [0.717, 1.165) is 29.6 Å². The molecule has 2 aromatic heterocycles. The molecule has 0 aliphatic rings. The molecule has 0 fully saturated rings. The smallest absolute Gasteiger partial charge is 0.255 e. The average Bonchev–Trinajstić information content (AvgIpc) is 2.91. The predicted molar refractivity (Wildman–Crippen MR) is 151 cm³/mol. The Balaban J connectivity index is 1.40. The van der Waals surface area contributed by atoms with Crippen LogP contribution in [0.1, 0.15) is 29.4 Å². The van der Waals surface area contributed by atoms with Crippen LogP contribution in [0.2, 0.25) is 5.02 Å². The van der Waals surface area contributed by atoms with Crippen molar-refractivity contribution < 1.29 is 14.6 Å². The number of amides is 1. The van der Waals surface area contributed by atoms with Gasteiger partial charge < -0.3 is 20.5 Å². The van der Waals surface area contributed by atoms with Gasteiger partial charge in [0.05, 0.1) is 11.4 Å². The van der Waals surface area contributed by atoms with Gasteiger partial charge in [0, 0.05) is 39.6 Å². The monoisotopic (exact) mass is 524 g/mol. The van der Waals surface area contributed by atoms with Crippen molar-refractivity contribution in [2.75, 3.05) is 10.6 Å². The number of aromatic hydroxyl groups is 1. The summed E-state index contributed by atoms with van der Waals surface area (Å²) in [5, 5.41) is 17.3. The van der Waals surface area contributed by atoms with Crippen molar-refractivity contribution in [1.82, 2.24) is 9.97 Å². The molecule has 0 atom stereocenters. The lowest BCUT2D eigenvalue weighted by atomic mass is 10.1. The lowest BCUT2D eigenvalue weighted by Gasteiger charge is -2.15. The number of nitrogens with zero attached hydrogens (tertiary/aromatic N) is 2. The third kappa shape index (κ3) is 5.85. The predicted octanol–water partition coefficient (Wildman–Crippen LogP) is 7.73. The highest BCUT2D eigenvalue weighted by Crippen LogP contribution is 2.36. The molecule has 5 rings (SSSR count). The molecule has 0 saturated carbocycles. The van der Waals surface area contributed by atoms with E-state index < -0.39 is 0 Å². The zero-order valence-corrected chi connectivity index (χ0v) is 21.4. The van der Waals surface area contributed by atoms with Crippen LogP contribution in [-0.4, -0.2) is 21.0 Å². The van der Waals surface area contributed by atoms with Gasteiger partial charge in [-0.15, -0.1) is 0 Å². The lowest BCUT2D eigenvalue weighted by Crippen LogP contribution is -2.11. The number of fused-ring (bicyclic) bond motifs is 1. The maximum atomic E-state index is 12.8. The molecule has 8 heteroatoms. The van der Waals surface area contributed by atoms with E-state index in [-0.39, 0.29) is 11.7 Å². The molecule has 2 heterocycles. The Hall–Kier alpha value is -4.62. The quantitative estimate of drug-likeness (QED) is 0.192. The van der Waals surface area contributed by atoms with Gasteiger partial charge in [0.15, 0.2) is 11.4 Å². The minimum Gasteiger partial charge on any atom is -0.508 e. The third-order valence-corrected chi connectivity index (χ3v) is 6.04. The Morgan fingerprint density at radius 2 is 1.84 bits per heavy atom. The van der Waals surface area contributed by atoms with Crippen LogP contribution in [0, 0.1) is 0 Å². The van der Waals surface area contributed by atoms with Crippen molar-refractivity contribution >= 4 is 45.6 Å². The van der Waals surface area contributed by atoms with Crippen molar-refractivity contribution in [1.29, 1.82) is 0 Å². The largest absolute Gasteiger partial charge is 0.508 e. The Morgan fingerprint density at radius 3 is 2.68 bits per heavy atom. The van der Waals surface area contributed by atoms with Gasteiger partial charge in [-0.25, -0.2) is 9.97 Å². The minimum absolute atomic E-state index is 0.0711. The van der Waals surface area contributed by atoms with Crippen LogP contribution in [0.3, 0.4) is 0 Å². The molecule has 0 unspecified atom stereocenters. The molecule has 0 spiro atoms. The summed E-state index contributed by atoms with van der Waals surface area (Å²) in [5.74, 6) is 0.750. The van der Waals surface area contributed by atoms with Gasteiger partial charge in [0.25, 0.3) is 5.91 Å². The van der Waals surface area contributed by atoms with Gasteiger partial charge in [-0.1, -0.05) is 37.1 Å². The van der Waals surface area contributed by atoms with E-state index in [1.165, 1.54) is 12.1 Å². The summed E-state index contributed by atoms with van der Waals surface area (Å²) in [6, 6.07) is 24.4. The highest BCUT2D eigenvalue weighted by Gasteiger charge is 2.12. The van der Waals surface area contributed by atoms with Crippen LogP contribution < -0.4 is 15.4 Å². The molecule has 1 amide bonds. The number of nitrogens with one attached hydrogen (secondary N) is 2. The number of phenolic OH excluding ortho intramolecular Hbond substituents is 1. The zero-order chi connectivity index (χ0) is 26.5. The molecular formula is C30H25ClN4O3. The number of aryl methyl sites for hydroxylation is 1. The van der Waals surface area contributed by atoms with Crippen LogP contribution in [0.4, 0.5) is 17.1 Å². The number of phenols is 1. The lowest BCUT2D eigenvalue weighted by molar-refractivity contribution is 0.102. The van der Waals surface area contributed by atoms with Gasteiger partial charge in [-0.3, -0.25) is 4.79 Å². The standard InChI is InChI=1S/C30H25ClN4O3/c1-2-5-21-11-12-25-26(14-15-32-29(25)33-21)35-27-17-20(31)10-13-28(27)38-24-9-3-6-19(16-24)30(37)34-22-7-4-8-23(36)18-22/h3-4,6-18,36H,2,5H2,1H3,(H,34,37)(H,32,33,35). The van der Waals surface area contributed by atoms with Crippen molar-refractivity contribution in [3.8, 4) is 17.2 Å². The van der Waals surface area contributed by atoms with Crippen molar-refractivity contribution in [3.05, 3.63) is 107 Å². The number of halogens is 1. The van der Waals surface area contributed by atoms with Crippen LogP contribution >= 0.6 is 11.6 Å². The van der Waals surface area contributed by atoms with E-state index in [2.05, 4.69) is 27.5 Å². The summed E-state index contributed by atoms with van der Waals surface area (Å²) in [4.78, 5) is 21.9. The number of pyridine rings is 2. The molecule has 0 radical (unpaired) electrons. The van der Waals surface area contributed by atoms with Crippen LogP contribution in [0.25, 0.3) is 11.0 Å². The fraction of sp³-hybridized carbons (Fsp3) is 0.100. The highest BCUT2D eigenvalue weighted by atomic mass is 35.5. The molecule has 0 aliphatic carbocycles. The normalized spacial score (nSPS) is 10.8. The van der Waals surface area contributed by atoms with E-state index >= 15 is 0 Å². The zero-order valence-electron chi connectivity index (χ0n) is 20.6. The second kappa shape index (κ2) is 11.2. The fourth-order valence-electron chi connectivity index (χ4n) is 4.02. The minimum atomic E-state index is -0.325. The summed E-state index contributed by atoms with van der Waals surface area (Å²) < 4.78 is 6.19. The SMILES string of the molecule is CCCc1ccc2c(Nc3cc(Cl)ccc3Oc3cccc(C(=O)Nc4cccc(O)c4)c3)ccnc2n1. The van der Waals surface area contributed by atoms with E-state index in [1.54, 1.807) is 60.8 Å². The van der Waals surface area contributed by atoms with E-state index in [4.69, 9.17) is 16.3 Å². The molecule has 7 nitrogen and oxygen atoms in total. The van der Waals surface area contributed by atoms with Gasteiger partial charge in [-0.05, 0) is 73.2 Å². The van der Waals surface area contributed by atoms with Gasteiger partial charge in [0.2, 0.25) is 0 Å². The summed E-state index contributed by atoms with van der Waals surface area (Å²) >= 11 is 6.32. The first kappa shape index (κ1) is 25.0. The van der Waals surface area contributed by atoms with Crippen molar-refractivity contribution in [2.24, 2.45) is 0 Å². The van der Waals surface area contributed by atoms with Gasteiger partial charge in [-0.2, -0.15) is 0 Å². The van der Waals surface area contributed by atoms with E-state index in [1.807, 2.05) is 18.2 Å². The number of carbonyl (C=O) groups is 1. The number of aromatic nitrogens is 2. The number of rotatable bonds is 8. The maximum absolute atomic E-state index is 12.8.